The maximum absolute atomic E-state index is 6.16. The molecule has 0 bridgehead atoms. The Balaban J connectivity index is 2.33. The Hall–Kier alpha value is -1.45. The van der Waals surface area contributed by atoms with E-state index in [4.69, 9.17) is 26.5 Å². The van der Waals surface area contributed by atoms with Crippen LogP contribution in [0.2, 0.25) is 5.02 Å². The first kappa shape index (κ1) is 13.0. The van der Waals surface area contributed by atoms with Gasteiger partial charge in [-0.2, -0.15) is 0 Å². The van der Waals surface area contributed by atoms with Crippen molar-refractivity contribution in [3.63, 3.8) is 0 Å². The van der Waals surface area contributed by atoms with Crippen molar-refractivity contribution in [2.45, 2.75) is 19.4 Å². The van der Waals surface area contributed by atoms with E-state index >= 15 is 0 Å². The summed E-state index contributed by atoms with van der Waals surface area (Å²) in [7, 11) is 1.62. The standard InChI is InChI=1S/C14H16ClNO2/c1-9(16)7-11-4-6-14(18-11)12-8-10(17-2)3-5-13(12)15/h3-6,8-9H,7,16H2,1-2H3. The van der Waals surface area contributed by atoms with Crippen LogP contribution in [0.15, 0.2) is 34.7 Å². The van der Waals surface area contributed by atoms with Gasteiger partial charge in [0, 0.05) is 18.0 Å². The van der Waals surface area contributed by atoms with E-state index in [9.17, 15) is 0 Å². The molecule has 1 aromatic carbocycles. The Morgan fingerprint density at radius 3 is 2.78 bits per heavy atom. The second-order valence-electron chi connectivity index (χ2n) is 4.29. The lowest BCUT2D eigenvalue weighted by Crippen LogP contribution is -2.17. The molecule has 0 amide bonds. The normalized spacial score (nSPS) is 12.4. The summed E-state index contributed by atoms with van der Waals surface area (Å²) in [6.45, 7) is 1.95. The molecule has 1 aromatic heterocycles. The summed E-state index contributed by atoms with van der Waals surface area (Å²) in [4.78, 5) is 0. The van der Waals surface area contributed by atoms with Gasteiger partial charge in [0.1, 0.15) is 17.3 Å². The molecule has 2 N–H and O–H groups in total. The molecule has 18 heavy (non-hydrogen) atoms. The van der Waals surface area contributed by atoms with Crippen LogP contribution in [0.3, 0.4) is 0 Å². The summed E-state index contributed by atoms with van der Waals surface area (Å²) < 4.78 is 10.9. The van der Waals surface area contributed by atoms with E-state index in [1.54, 1.807) is 13.2 Å². The van der Waals surface area contributed by atoms with Crippen LogP contribution in [0, 0.1) is 0 Å². The van der Waals surface area contributed by atoms with E-state index in [0.717, 1.165) is 22.8 Å². The number of ether oxygens (including phenoxy) is 1. The number of rotatable bonds is 4. The lowest BCUT2D eigenvalue weighted by Gasteiger charge is -2.05. The van der Waals surface area contributed by atoms with Gasteiger partial charge in [-0.1, -0.05) is 11.6 Å². The first-order chi connectivity index (χ1) is 8.60. The van der Waals surface area contributed by atoms with Crippen LogP contribution in [0.1, 0.15) is 12.7 Å². The highest BCUT2D eigenvalue weighted by Gasteiger charge is 2.10. The summed E-state index contributed by atoms with van der Waals surface area (Å²) >= 11 is 6.16. The molecule has 3 nitrogen and oxygen atoms in total. The SMILES string of the molecule is COc1ccc(Cl)c(-c2ccc(CC(C)N)o2)c1. The van der Waals surface area contributed by atoms with Crippen LogP contribution in [-0.4, -0.2) is 13.2 Å². The summed E-state index contributed by atoms with van der Waals surface area (Å²) in [6, 6.07) is 9.37. The molecule has 0 aliphatic heterocycles. The van der Waals surface area contributed by atoms with Crippen LogP contribution in [0.4, 0.5) is 0 Å². The first-order valence-corrected chi connectivity index (χ1v) is 6.16. The highest BCUT2D eigenvalue weighted by Crippen LogP contribution is 2.32. The zero-order valence-electron chi connectivity index (χ0n) is 10.4. The fraction of sp³-hybridized carbons (Fsp3) is 0.286. The summed E-state index contributed by atoms with van der Waals surface area (Å²) in [5.74, 6) is 2.34. The molecule has 0 spiro atoms. The summed E-state index contributed by atoms with van der Waals surface area (Å²) in [6.07, 6.45) is 0.710. The van der Waals surface area contributed by atoms with E-state index in [1.807, 2.05) is 31.2 Å². The molecule has 0 aliphatic carbocycles. The van der Waals surface area contributed by atoms with Gasteiger partial charge in [-0.05, 0) is 37.3 Å². The Bertz CT molecular complexity index is 534. The number of hydrogen-bond acceptors (Lipinski definition) is 3. The first-order valence-electron chi connectivity index (χ1n) is 5.78. The van der Waals surface area contributed by atoms with Gasteiger partial charge in [0.2, 0.25) is 0 Å². The van der Waals surface area contributed by atoms with Crippen molar-refractivity contribution in [3.8, 4) is 17.1 Å². The third-order valence-corrected chi connectivity index (χ3v) is 2.95. The van der Waals surface area contributed by atoms with E-state index in [2.05, 4.69) is 0 Å². The average molecular weight is 266 g/mol. The van der Waals surface area contributed by atoms with E-state index in [0.29, 0.717) is 11.4 Å². The zero-order chi connectivity index (χ0) is 13.1. The van der Waals surface area contributed by atoms with E-state index < -0.39 is 0 Å². The molecule has 1 unspecified atom stereocenters. The fourth-order valence-corrected chi connectivity index (χ4v) is 1.98. The number of benzene rings is 1. The third-order valence-electron chi connectivity index (χ3n) is 2.62. The third kappa shape index (κ3) is 2.86. The zero-order valence-corrected chi connectivity index (χ0v) is 11.2. The number of furan rings is 1. The Morgan fingerprint density at radius 2 is 2.11 bits per heavy atom. The fourth-order valence-electron chi connectivity index (χ4n) is 1.77. The molecule has 0 saturated carbocycles. The van der Waals surface area contributed by atoms with Gasteiger partial charge in [0.25, 0.3) is 0 Å². The minimum atomic E-state index is 0.0739. The number of halogens is 1. The highest BCUT2D eigenvalue weighted by atomic mass is 35.5. The molecule has 1 heterocycles. The predicted octanol–water partition coefficient (Wildman–Crippen LogP) is 3.50. The van der Waals surface area contributed by atoms with E-state index in [1.165, 1.54) is 0 Å². The quantitative estimate of drug-likeness (QED) is 0.920. The van der Waals surface area contributed by atoms with Crippen molar-refractivity contribution in [3.05, 3.63) is 41.1 Å². The van der Waals surface area contributed by atoms with Crippen LogP contribution < -0.4 is 10.5 Å². The molecule has 2 rings (SSSR count). The number of hydrogen-bond donors (Lipinski definition) is 1. The molecule has 0 fully saturated rings. The van der Waals surface area contributed by atoms with Crippen molar-refractivity contribution < 1.29 is 9.15 Å². The molecule has 0 saturated heterocycles. The van der Waals surface area contributed by atoms with Gasteiger partial charge < -0.3 is 14.9 Å². The lowest BCUT2D eigenvalue weighted by atomic mass is 10.1. The summed E-state index contributed by atoms with van der Waals surface area (Å²) in [5, 5.41) is 0.637. The molecule has 2 aromatic rings. The smallest absolute Gasteiger partial charge is 0.135 e. The maximum Gasteiger partial charge on any atom is 0.135 e. The van der Waals surface area contributed by atoms with Gasteiger partial charge in [0.05, 0.1) is 12.1 Å². The Morgan fingerprint density at radius 1 is 1.33 bits per heavy atom. The second-order valence-corrected chi connectivity index (χ2v) is 4.70. The Labute approximate surface area is 111 Å². The number of methoxy groups -OCH3 is 1. The van der Waals surface area contributed by atoms with Crippen molar-refractivity contribution >= 4 is 11.6 Å². The van der Waals surface area contributed by atoms with Crippen LogP contribution in [0.25, 0.3) is 11.3 Å². The largest absolute Gasteiger partial charge is 0.497 e. The minimum absolute atomic E-state index is 0.0739. The topological polar surface area (TPSA) is 48.4 Å². The summed E-state index contributed by atoms with van der Waals surface area (Å²) in [5.41, 5.74) is 6.57. The molecule has 4 heteroatoms. The molecule has 0 radical (unpaired) electrons. The maximum atomic E-state index is 6.16. The molecule has 1 atom stereocenters. The monoisotopic (exact) mass is 265 g/mol. The van der Waals surface area contributed by atoms with Crippen molar-refractivity contribution in [2.75, 3.05) is 7.11 Å². The van der Waals surface area contributed by atoms with E-state index in [-0.39, 0.29) is 6.04 Å². The van der Waals surface area contributed by atoms with Crippen molar-refractivity contribution in [1.29, 1.82) is 0 Å². The molecular weight excluding hydrogens is 250 g/mol. The minimum Gasteiger partial charge on any atom is -0.497 e. The van der Waals surface area contributed by atoms with Crippen molar-refractivity contribution in [1.82, 2.24) is 0 Å². The number of nitrogens with two attached hydrogens (primary N) is 1. The van der Waals surface area contributed by atoms with Crippen molar-refractivity contribution in [2.24, 2.45) is 5.73 Å². The van der Waals surface area contributed by atoms with Gasteiger partial charge >= 0.3 is 0 Å². The molecule has 96 valence electrons. The van der Waals surface area contributed by atoms with Crippen LogP contribution in [0.5, 0.6) is 5.75 Å². The lowest BCUT2D eigenvalue weighted by molar-refractivity contribution is 0.414. The van der Waals surface area contributed by atoms with Crippen LogP contribution >= 0.6 is 11.6 Å². The molecular formula is C14H16ClNO2. The van der Waals surface area contributed by atoms with Gasteiger partial charge in [-0.25, -0.2) is 0 Å². The van der Waals surface area contributed by atoms with Gasteiger partial charge in [0.15, 0.2) is 0 Å². The second kappa shape index (κ2) is 5.46. The Kier molecular flexibility index (Phi) is 3.94. The van der Waals surface area contributed by atoms with Gasteiger partial charge in [-0.15, -0.1) is 0 Å². The average Bonchev–Trinajstić information content (AvgIpc) is 2.77. The van der Waals surface area contributed by atoms with Crippen LogP contribution in [-0.2, 0) is 6.42 Å². The van der Waals surface area contributed by atoms with Gasteiger partial charge in [-0.3, -0.25) is 0 Å². The molecule has 0 aliphatic rings. The highest BCUT2D eigenvalue weighted by molar-refractivity contribution is 6.33. The predicted molar refractivity (Wildman–Crippen MR) is 73.1 cm³/mol.